The maximum absolute atomic E-state index is 13.2. The normalized spacial score (nSPS) is 11.1. The molecular weight excluding hydrogens is 376 g/mol. The molecule has 0 bridgehead atoms. The number of carbonyl (C=O) groups is 1. The van der Waals surface area contributed by atoms with Crippen LogP contribution in [0.3, 0.4) is 0 Å². The second-order valence-electron chi connectivity index (χ2n) is 6.39. The number of rotatable bonds is 5. The lowest BCUT2D eigenvalue weighted by molar-refractivity contribution is 0.0702. The van der Waals surface area contributed by atoms with Gasteiger partial charge in [0.2, 0.25) is 0 Å². The molecule has 0 aliphatic carbocycles. The van der Waals surface area contributed by atoms with Gasteiger partial charge in [-0.25, -0.2) is 14.5 Å². The summed E-state index contributed by atoms with van der Waals surface area (Å²) in [5.74, 6) is -0.371. The zero-order valence-electron chi connectivity index (χ0n) is 15.4. The Labute approximate surface area is 164 Å². The van der Waals surface area contributed by atoms with E-state index >= 15 is 0 Å². The molecule has 1 aromatic carbocycles. The minimum absolute atomic E-state index is 0.143. The predicted molar refractivity (Wildman–Crippen MR) is 107 cm³/mol. The van der Waals surface area contributed by atoms with Gasteiger partial charge in [-0.1, -0.05) is 18.2 Å². The number of carboxylic acid groups (broad SMARTS) is 1. The van der Waals surface area contributed by atoms with Gasteiger partial charge in [0.1, 0.15) is 16.3 Å². The average molecular weight is 394 g/mol. The van der Waals surface area contributed by atoms with Crippen molar-refractivity contribution >= 4 is 17.3 Å². The lowest BCUT2D eigenvalue weighted by atomic mass is 10.2. The summed E-state index contributed by atoms with van der Waals surface area (Å²) in [5, 5.41) is 9.12. The van der Waals surface area contributed by atoms with Crippen LogP contribution in [0.25, 0.3) is 17.1 Å². The van der Waals surface area contributed by atoms with Crippen molar-refractivity contribution in [2.45, 2.75) is 13.5 Å². The Hall–Kier alpha value is -3.39. The van der Waals surface area contributed by atoms with Crippen molar-refractivity contribution < 1.29 is 9.90 Å². The summed E-state index contributed by atoms with van der Waals surface area (Å²) in [4.78, 5) is 29.9. The number of aromatic carboxylic acids is 1. The second-order valence-corrected chi connectivity index (χ2v) is 7.55. The van der Waals surface area contributed by atoms with Gasteiger partial charge in [-0.2, -0.15) is 0 Å². The summed E-state index contributed by atoms with van der Waals surface area (Å²) in [7, 11) is 1.85. The minimum Gasteiger partial charge on any atom is -0.477 e. The molecule has 4 aromatic rings. The number of imidazole rings is 1. The van der Waals surface area contributed by atoms with Gasteiger partial charge in [0.25, 0.3) is 5.56 Å². The molecule has 3 aromatic heterocycles. The number of hydrogen-bond donors (Lipinski definition) is 1. The summed E-state index contributed by atoms with van der Waals surface area (Å²) >= 11 is 1.22. The fraction of sp³-hybridized carbons (Fsp3) is 0.150. The van der Waals surface area contributed by atoms with E-state index in [-0.39, 0.29) is 5.56 Å². The van der Waals surface area contributed by atoms with E-state index in [9.17, 15) is 9.59 Å². The number of benzene rings is 1. The molecule has 0 radical (unpaired) electrons. The number of hydrogen-bond acceptors (Lipinski definition) is 4. The van der Waals surface area contributed by atoms with E-state index in [0.29, 0.717) is 22.8 Å². The third-order valence-electron chi connectivity index (χ3n) is 4.69. The summed E-state index contributed by atoms with van der Waals surface area (Å²) < 4.78 is 5.31. The molecule has 0 spiro atoms. The Morgan fingerprint density at radius 1 is 1.18 bits per heavy atom. The van der Waals surface area contributed by atoms with Crippen LogP contribution < -0.4 is 5.56 Å². The molecule has 0 aliphatic heterocycles. The molecule has 0 amide bonds. The molecule has 0 fully saturated rings. The van der Waals surface area contributed by atoms with Gasteiger partial charge in [-0.05, 0) is 31.2 Å². The van der Waals surface area contributed by atoms with E-state index in [4.69, 9.17) is 5.11 Å². The average Bonchev–Trinajstić information content (AvgIpc) is 3.37. The van der Waals surface area contributed by atoms with Gasteiger partial charge in [-0.3, -0.25) is 9.48 Å². The number of carboxylic acids is 1. The minimum atomic E-state index is -0.938. The molecule has 0 saturated heterocycles. The Bertz CT molecular complexity index is 1210. The fourth-order valence-corrected chi connectivity index (χ4v) is 4.08. The fourth-order valence-electron chi connectivity index (χ4n) is 3.24. The Morgan fingerprint density at radius 3 is 2.61 bits per heavy atom. The first kappa shape index (κ1) is 18.0. The number of nitrogens with zero attached hydrogens (tertiary/aromatic N) is 4. The van der Waals surface area contributed by atoms with Crippen LogP contribution in [0.15, 0.2) is 59.7 Å². The lowest BCUT2D eigenvalue weighted by Crippen LogP contribution is -2.20. The molecule has 0 aliphatic rings. The number of thiophene rings is 1. The molecule has 0 unspecified atom stereocenters. The Morgan fingerprint density at radius 2 is 1.93 bits per heavy atom. The highest BCUT2D eigenvalue weighted by atomic mass is 32.1. The maximum Gasteiger partial charge on any atom is 0.345 e. The molecule has 3 heterocycles. The highest BCUT2D eigenvalue weighted by molar-refractivity contribution is 7.13. The van der Waals surface area contributed by atoms with Crippen LogP contribution in [0.5, 0.6) is 0 Å². The second kappa shape index (κ2) is 6.97. The number of para-hydroxylation sites is 1. The van der Waals surface area contributed by atoms with Crippen LogP contribution in [0.4, 0.5) is 0 Å². The third kappa shape index (κ3) is 2.97. The van der Waals surface area contributed by atoms with E-state index in [1.165, 1.54) is 11.3 Å². The van der Waals surface area contributed by atoms with Crippen molar-refractivity contribution in [3.8, 4) is 17.1 Å². The summed E-state index contributed by atoms with van der Waals surface area (Å²) in [6.07, 6.45) is 3.45. The van der Waals surface area contributed by atoms with Crippen LogP contribution in [-0.2, 0) is 13.6 Å². The first-order valence-electron chi connectivity index (χ1n) is 8.65. The standard InChI is InChI=1S/C20H18N4O3S/c1-13-17(19(25)24(22(13)2)14-6-4-3-5-7-14)18-21-10-11-23(18)12-15-8-9-16(28-15)20(26)27/h3-11H,12H2,1-2H3,(H,26,27). The van der Waals surface area contributed by atoms with Gasteiger partial charge >= 0.3 is 5.97 Å². The monoisotopic (exact) mass is 394 g/mol. The zero-order valence-corrected chi connectivity index (χ0v) is 16.2. The van der Waals surface area contributed by atoms with Crippen molar-refractivity contribution in [1.82, 2.24) is 18.9 Å². The molecule has 4 rings (SSSR count). The van der Waals surface area contributed by atoms with Crippen LogP contribution in [0.2, 0.25) is 0 Å². The predicted octanol–water partition coefficient (Wildman–Crippen LogP) is 3.16. The molecule has 0 atom stereocenters. The van der Waals surface area contributed by atoms with Crippen molar-refractivity contribution in [3.05, 3.63) is 80.7 Å². The van der Waals surface area contributed by atoms with Crippen molar-refractivity contribution in [3.63, 3.8) is 0 Å². The number of aromatic nitrogens is 4. The smallest absolute Gasteiger partial charge is 0.345 e. The maximum atomic E-state index is 13.2. The first-order chi connectivity index (χ1) is 13.5. The van der Waals surface area contributed by atoms with Gasteiger partial charge < -0.3 is 9.67 Å². The third-order valence-corrected chi connectivity index (χ3v) is 5.75. The largest absolute Gasteiger partial charge is 0.477 e. The molecule has 1 N–H and O–H groups in total. The highest BCUT2D eigenvalue weighted by Crippen LogP contribution is 2.23. The lowest BCUT2D eigenvalue weighted by Gasteiger charge is -2.07. The molecule has 7 nitrogen and oxygen atoms in total. The van der Waals surface area contributed by atoms with E-state index in [2.05, 4.69) is 4.98 Å². The Kier molecular flexibility index (Phi) is 4.48. The topological polar surface area (TPSA) is 82.1 Å². The molecule has 0 saturated carbocycles. The van der Waals surface area contributed by atoms with E-state index in [0.717, 1.165) is 16.3 Å². The van der Waals surface area contributed by atoms with Crippen molar-refractivity contribution in [1.29, 1.82) is 0 Å². The Balaban J connectivity index is 1.78. The van der Waals surface area contributed by atoms with Crippen LogP contribution >= 0.6 is 11.3 Å². The highest BCUT2D eigenvalue weighted by Gasteiger charge is 2.21. The van der Waals surface area contributed by atoms with Crippen LogP contribution in [0, 0.1) is 6.92 Å². The van der Waals surface area contributed by atoms with E-state index in [1.54, 1.807) is 29.2 Å². The zero-order chi connectivity index (χ0) is 19.8. The molecule has 8 heteroatoms. The van der Waals surface area contributed by atoms with Crippen LogP contribution in [-0.4, -0.2) is 30.0 Å². The van der Waals surface area contributed by atoms with Gasteiger partial charge in [-0.15, -0.1) is 11.3 Å². The SMILES string of the molecule is Cc1c(-c2nccn2Cc2ccc(C(=O)O)s2)c(=O)n(-c2ccccc2)n1C. The van der Waals surface area contributed by atoms with Gasteiger partial charge in [0.05, 0.1) is 12.2 Å². The van der Waals surface area contributed by atoms with Crippen LogP contribution in [0.1, 0.15) is 20.2 Å². The van der Waals surface area contributed by atoms with Gasteiger partial charge in [0, 0.05) is 30.0 Å². The van der Waals surface area contributed by atoms with Gasteiger partial charge in [0.15, 0.2) is 0 Å². The molecule has 142 valence electrons. The summed E-state index contributed by atoms with van der Waals surface area (Å²) in [5.41, 5.74) is 1.98. The van der Waals surface area contributed by atoms with Crippen molar-refractivity contribution in [2.75, 3.05) is 0 Å². The van der Waals surface area contributed by atoms with E-state index < -0.39 is 5.97 Å². The quantitative estimate of drug-likeness (QED) is 0.564. The molecule has 28 heavy (non-hydrogen) atoms. The van der Waals surface area contributed by atoms with Crippen molar-refractivity contribution in [2.24, 2.45) is 7.05 Å². The molecular formula is C20H18N4O3S. The first-order valence-corrected chi connectivity index (χ1v) is 9.46. The van der Waals surface area contributed by atoms with E-state index in [1.807, 2.05) is 53.6 Å². The summed E-state index contributed by atoms with van der Waals surface area (Å²) in [6, 6.07) is 12.8. The summed E-state index contributed by atoms with van der Waals surface area (Å²) in [6.45, 7) is 2.34.